The van der Waals surface area contributed by atoms with E-state index in [1.54, 1.807) is 12.1 Å². The number of rotatable bonds is 3. The average Bonchev–Trinajstić information content (AvgIpc) is 3.16. The molecule has 1 aromatic heterocycles. The van der Waals surface area contributed by atoms with Gasteiger partial charge in [0.15, 0.2) is 9.84 Å². The van der Waals surface area contributed by atoms with Crippen LogP contribution in [-0.2, 0) is 9.84 Å². The molecule has 0 radical (unpaired) electrons. The number of H-pyrrole nitrogens is 1. The maximum Gasteiger partial charge on any atom is 0.573 e. The number of halogens is 3. The normalized spacial score (nSPS) is 19.4. The maximum absolute atomic E-state index is 12.3. The predicted octanol–water partition coefficient (Wildman–Crippen LogP) is 4.64. The Hall–Kier alpha value is -2.48. The molecule has 1 unspecified atom stereocenters. The van der Waals surface area contributed by atoms with Gasteiger partial charge in [0.2, 0.25) is 0 Å². The molecule has 4 rings (SSSR count). The van der Waals surface area contributed by atoms with Crippen molar-refractivity contribution in [2.75, 3.05) is 11.5 Å². The molecule has 2 heterocycles. The zero-order chi connectivity index (χ0) is 19.2. The first-order valence-corrected chi connectivity index (χ1v) is 10.2. The van der Waals surface area contributed by atoms with Crippen molar-refractivity contribution in [3.63, 3.8) is 0 Å². The largest absolute Gasteiger partial charge is 0.573 e. The van der Waals surface area contributed by atoms with E-state index in [9.17, 15) is 21.6 Å². The first-order valence-electron chi connectivity index (χ1n) is 8.38. The Balaban J connectivity index is 1.66. The second-order valence-electron chi connectivity index (χ2n) is 6.68. The zero-order valence-electron chi connectivity index (χ0n) is 14.1. The number of hydrogen-bond donors (Lipinski definition) is 1. The third kappa shape index (κ3) is 3.80. The van der Waals surface area contributed by atoms with Crippen molar-refractivity contribution in [3.05, 3.63) is 54.2 Å². The first-order chi connectivity index (χ1) is 12.7. The van der Waals surface area contributed by atoms with Gasteiger partial charge in [-0.3, -0.25) is 0 Å². The lowest BCUT2D eigenvalue weighted by Gasteiger charge is -2.10. The van der Waals surface area contributed by atoms with Crippen molar-refractivity contribution in [1.29, 1.82) is 0 Å². The van der Waals surface area contributed by atoms with Crippen molar-refractivity contribution in [2.24, 2.45) is 0 Å². The monoisotopic (exact) mass is 395 g/mol. The molecular weight excluding hydrogens is 379 g/mol. The summed E-state index contributed by atoms with van der Waals surface area (Å²) in [6, 6.07) is 11.4. The summed E-state index contributed by atoms with van der Waals surface area (Å²) in [5.74, 6) is 0.0330. The lowest BCUT2D eigenvalue weighted by atomic mass is 9.96. The Morgan fingerprint density at radius 3 is 2.37 bits per heavy atom. The number of aromatic amines is 1. The van der Waals surface area contributed by atoms with Crippen molar-refractivity contribution in [2.45, 2.75) is 18.7 Å². The molecule has 4 nitrogen and oxygen atoms in total. The van der Waals surface area contributed by atoms with Gasteiger partial charge in [0.05, 0.1) is 11.5 Å². The lowest BCUT2D eigenvalue weighted by molar-refractivity contribution is -0.274. The van der Waals surface area contributed by atoms with E-state index in [-0.39, 0.29) is 23.2 Å². The summed E-state index contributed by atoms with van der Waals surface area (Å²) in [4.78, 5) is 3.17. The third-order valence-electron chi connectivity index (χ3n) is 4.81. The van der Waals surface area contributed by atoms with E-state index in [1.807, 2.05) is 24.4 Å². The molecule has 142 valence electrons. The van der Waals surface area contributed by atoms with Crippen molar-refractivity contribution in [1.82, 2.24) is 4.98 Å². The van der Waals surface area contributed by atoms with Crippen molar-refractivity contribution < 1.29 is 26.3 Å². The van der Waals surface area contributed by atoms with Gasteiger partial charge in [-0.2, -0.15) is 0 Å². The van der Waals surface area contributed by atoms with Crippen molar-refractivity contribution >= 4 is 20.7 Å². The van der Waals surface area contributed by atoms with Gasteiger partial charge < -0.3 is 9.72 Å². The summed E-state index contributed by atoms with van der Waals surface area (Å²) in [5, 5.41) is 0.935. The SMILES string of the molecule is O=S1(=O)CCC(c2c[nH]c3ccc(-c4ccc(OC(F)(F)F)cc4)cc23)C1. The number of benzene rings is 2. The fourth-order valence-electron chi connectivity index (χ4n) is 3.55. The first kappa shape index (κ1) is 17.9. The molecule has 8 heteroatoms. The van der Waals surface area contributed by atoms with E-state index < -0.39 is 16.2 Å². The molecule has 27 heavy (non-hydrogen) atoms. The quantitative estimate of drug-likeness (QED) is 0.703. The van der Waals surface area contributed by atoms with Crippen LogP contribution in [0.3, 0.4) is 0 Å². The van der Waals surface area contributed by atoms with E-state index >= 15 is 0 Å². The van der Waals surface area contributed by atoms with Gasteiger partial charge in [-0.15, -0.1) is 13.2 Å². The van der Waals surface area contributed by atoms with E-state index in [1.165, 1.54) is 12.1 Å². The number of hydrogen-bond acceptors (Lipinski definition) is 3. The van der Waals surface area contributed by atoms with Gasteiger partial charge >= 0.3 is 6.36 Å². The standard InChI is InChI=1S/C19H16F3NO3S/c20-19(21,22)26-15-4-1-12(2-5-15)13-3-6-18-16(9-13)17(10-23-18)14-7-8-27(24,25)11-14/h1-6,9-10,14,23H,7-8,11H2. The Morgan fingerprint density at radius 2 is 1.74 bits per heavy atom. The van der Waals surface area contributed by atoms with E-state index in [0.717, 1.165) is 27.6 Å². The number of ether oxygens (including phenoxy) is 1. The molecule has 0 bridgehead atoms. The summed E-state index contributed by atoms with van der Waals surface area (Å²) in [5.41, 5.74) is 3.44. The van der Waals surface area contributed by atoms with Crippen LogP contribution >= 0.6 is 0 Å². The van der Waals surface area contributed by atoms with E-state index in [2.05, 4.69) is 9.72 Å². The second kappa shape index (κ2) is 6.30. The van der Waals surface area contributed by atoms with Gasteiger partial charge in [-0.25, -0.2) is 8.42 Å². The molecule has 1 atom stereocenters. The smallest absolute Gasteiger partial charge is 0.406 e. The summed E-state index contributed by atoms with van der Waals surface area (Å²) in [6.45, 7) is 0. The second-order valence-corrected chi connectivity index (χ2v) is 8.91. The minimum absolute atomic E-state index is 0.0402. The van der Waals surface area contributed by atoms with Gasteiger partial charge in [-0.1, -0.05) is 18.2 Å². The number of sulfone groups is 1. The van der Waals surface area contributed by atoms with Crippen LogP contribution in [0.4, 0.5) is 13.2 Å². The third-order valence-corrected chi connectivity index (χ3v) is 6.58. The number of aromatic nitrogens is 1. The molecule has 3 aromatic rings. The molecule has 0 saturated carbocycles. The fraction of sp³-hybridized carbons (Fsp3) is 0.263. The summed E-state index contributed by atoms with van der Waals surface area (Å²) in [7, 11) is -2.99. The number of nitrogens with one attached hydrogen (secondary N) is 1. The Bertz CT molecular complexity index is 1090. The molecule has 1 saturated heterocycles. The van der Waals surface area contributed by atoms with Crippen LogP contribution < -0.4 is 4.74 Å². The Kier molecular flexibility index (Phi) is 4.18. The Labute approximate surface area is 153 Å². The molecule has 0 aliphatic carbocycles. The molecule has 1 fully saturated rings. The minimum atomic E-state index is -4.72. The van der Waals surface area contributed by atoms with Crippen LogP contribution in [-0.4, -0.2) is 31.3 Å². The fourth-order valence-corrected chi connectivity index (χ4v) is 5.32. The molecule has 1 aliphatic heterocycles. The molecular formula is C19H16F3NO3S. The minimum Gasteiger partial charge on any atom is -0.406 e. The van der Waals surface area contributed by atoms with Crippen LogP contribution in [0.25, 0.3) is 22.0 Å². The molecule has 0 spiro atoms. The van der Waals surface area contributed by atoms with Crippen LogP contribution in [0.5, 0.6) is 5.75 Å². The zero-order valence-corrected chi connectivity index (χ0v) is 14.9. The topological polar surface area (TPSA) is 59.2 Å². The van der Waals surface area contributed by atoms with Crippen molar-refractivity contribution in [3.8, 4) is 16.9 Å². The highest BCUT2D eigenvalue weighted by Crippen LogP contribution is 2.36. The summed E-state index contributed by atoms with van der Waals surface area (Å²) >= 11 is 0. The van der Waals surface area contributed by atoms with Gasteiger partial charge in [0, 0.05) is 23.0 Å². The van der Waals surface area contributed by atoms with Crippen LogP contribution in [0.15, 0.2) is 48.7 Å². The predicted molar refractivity (Wildman–Crippen MR) is 96.4 cm³/mol. The molecule has 1 N–H and O–H groups in total. The van der Waals surface area contributed by atoms with Crippen LogP contribution in [0.2, 0.25) is 0 Å². The maximum atomic E-state index is 12.3. The van der Waals surface area contributed by atoms with E-state index in [0.29, 0.717) is 6.42 Å². The van der Waals surface area contributed by atoms with Gasteiger partial charge in [0.25, 0.3) is 0 Å². The number of alkyl halides is 3. The summed E-state index contributed by atoms with van der Waals surface area (Å²) < 4.78 is 64.3. The van der Waals surface area contributed by atoms with Gasteiger partial charge in [-0.05, 0) is 47.4 Å². The van der Waals surface area contributed by atoms with Gasteiger partial charge in [0.1, 0.15) is 5.75 Å². The van der Waals surface area contributed by atoms with E-state index in [4.69, 9.17) is 0 Å². The van der Waals surface area contributed by atoms with Crippen LogP contribution in [0, 0.1) is 0 Å². The Morgan fingerprint density at radius 1 is 1.04 bits per heavy atom. The highest BCUT2D eigenvalue weighted by atomic mass is 32.2. The van der Waals surface area contributed by atoms with Crippen LogP contribution in [0.1, 0.15) is 17.9 Å². The molecule has 0 amide bonds. The summed E-state index contributed by atoms with van der Waals surface area (Å²) in [6.07, 6.45) is -2.27. The highest BCUT2D eigenvalue weighted by Gasteiger charge is 2.31. The average molecular weight is 395 g/mol. The molecule has 2 aromatic carbocycles. The molecule has 1 aliphatic rings. The highest BCUT2D eigenvalue weighted by molar-refractivity contribution is 7.91. The lowest BCUT2D eigenvalue weighted by Crippen LogP contribution is -2.16. The number of fused-ring (bicyclic) bond motifs is 1.